The Morgan fingerprint density at radius 1 is 1.20 bits per heavy atom. The summed E-state index contributed by atoms with van der Waals surface area (Å²) in [4.78, 5) is 21.3. The molecule has 0 fully saturated rings. The van der Waals surface area contributed by atoms with Gasteiger partial charge in [-0.05, 0) is 12.1 Å². The van der Waals surface area contributed by atoms with Crippen LogP contribution >= 0.6 is 0 Å². The molecular formula is C10H10O9S. The fourth-order valence-electron chi connectivity index (χ4n) is 1.37. The van der Waals surface area contributed by atoms with Crippen molar-refractivity contribution in [3.63, 3.8) is 0 Å². The van der Waals surface area contributed by atoms with E-state index in [-0.39, 0.29) is 0 Å². The standard InChI is InChI=1S/C10H10O9S/c1-10(14,15)19-9(13)6-4-2-3-5(8(11)12)7(6)20(16,17)18/h2-4,14-15H,1H3,(H,11,12)(H,16,17,18). The maximum Gasteiger partial charge on any atom is 0.343 e. The summed E-state index contributed by atoms with van der Waals surface area (Å²) in [6, 6.07) is 2.73. The molecule has 0 saturated heterocycles. The molecule has 0 aliphatic carbocycles. The number of carboxylic acid groups (broad SMARTS) is 1. The van der Waals surface area contributed by atoms with Crippen molar-refractivity contribution < 1.29 is 42.6 Å². The van der Waals surface area contributed by atoms with Gasteiger partial charge in [0.2, 0.25) is 0 Å². The highest BCUT2D eigenvalue weighted by Gasteiger charge is 2.31. The molecule has 9 nitrogen and oxygen atoms in total. The van der Waals surface area contributed by atoms with Crippen LogP contribution in [0.25, 0.3) is 0 Å². The van der Waals surface area contributed by atoms with E-state index in [4.69, 9.17) is 19.9 Å². The van der Waals surface area contributed by atoms with Crippen molar-refractivity contribution in [2.75, 3.05) is 0 Å². The average Bonchev–Trinajstić information content (AvgIpc) is 2.24. The van der Waals surface area contributed by atoms with Gasteiger partial charge in [0, 0.05) is 6.92 Å². The monoisotopic (exact) mass is 306 g/mol. The molecule has 1 rings (SSSR count). The lowest BCUT2D eigenvalue weighted by atomic mass is 10.1. The second-order valence-electron chi connectivity index (χ2n) is 3.79. The number of carbonyl (C=O) groups is 2. The van der Waals surface area contributed by atoms with E-state index in [1.54, 1.807) is 0 Å². The quantitative estimate of drug-likeness (QED) is 0.325. The fourth-order valence-corrected chi connectivity index (χ4v) is 2.24. The lowest BCUT2D eigenvalue weighted by Crippen LogP contribution is -2.31. The third-order valence-corrected chi connectivity index (χ3v) is 2.97. The molecule has 0 saturated carbocycles. The number of benzene rings is 1. The highest BCUT2D eigenvalue weighted by molar-refractivity contribution is 7.86. The Morgan fingerprint density at radius 3 is 2.10 bits per heavy atom. The van der Waals surface area contributed by atoms with Crippen LogP contribution in [-0.4, -0.2) is 46.2 Å². The first-order valence-corrected chi connectivity index (χ1v) is 6.39. The molecule has 0 aromatic heterocycles. The van der Waals surface area contributed by atoms with E-state index >= 15 is 0 Å². The zero-order chi connectivity index (χ0) is 15.7. The molecule has 110 valence electrons. The molecule has 0 atom stereocenters. The zero-order valence-corrected chi connectivity index (χ0v) is 10.8. The highest BCUT2D eigenvalue weighted by Crippen LogP contribution is 2.22. The summed E-state index contributed by atoms with van der Waals surface area (Å²) in [5.74, 6) is -6.14. The molecule has 4 N–H and O–H groups in total. The van der Waals surface area contributed by atoms with Gasteiger partial charge in [0.15, 0.2) is 0 Å². The molecule has 0 amide bonds. The molecule has 0 spiro atoms. The summed E-state index contributed by atoms with van der Waals surface area (Å²) < 4.78 is 35.5. The van der Waals surface area contributed by atoms with Crippen molar-refractivity contribution in [2.24, 2.45) is 0 Å². The average molecular weight is 306 g/mol. The first-order chi connectivity index (χ1) is 8.93. The van der Waals surface area contributed by atoms with Gasteiger partial charge in [-0.25, -0.2) is 9.59 Å². The third kappa shape index (κ3) is 3.74. The minimum atomic E-state index is -5.05. The number of carboxylic acids is 1. The van der Waals surface area contributed by atoms with E-state index in [1.807, 2.05) is 0 Å². The van der Waals surface area contributed by atoms with Crippen molar-refractivity contribution in [2.45, 2.75) is 17.8 Å². The number of ether oxygens (including phenoxy) is 1. The number of esters is 1. The van der Waals surface area contributed by atoms with E-state index in [0.29, 0.717) is 6.92 Å². The Labute approximate surface area is 112 Å². The number of hydrogen-bond acceptors (Lipinski definition) is 7. The number of hydrogen-bond donors (Lipinski definition) is 4. The van der Waals surface area contributed by atoms with Gasteiger partial charge >= 0.3 is 17.9 Å². The molecule has 0 aliphatic rings. The molecule has 1 aromatic rings. The summed E-state index contributed by atoms with van der Waals surface area (Å²) in [5.41, 5.74) is -1.71. The molecule has 1 aromatic carbocycles. The number of rotatable bonds is 4. The molecule has 10 heteroatoms. The Hall–Kier alpha value is -2.01. The van der Waals surface area contributed by atoms with Crippen molar-refractivity contribution in [3.8, 4) is 0 Å². The largest absolute Gasteiger partial charge is 0.478 e. The topological polar surface area (TPSA) is 158 Å². The van der Waals surface area contributed by atoms with Crippen molar-refractivity contribution in [3.05, 3.63) is 29.3 Å². The minimum Gasteiger partial charge on any atom is -0.478 e. The van der Waals surface area contributed by atoms with Gasteiger partial charge in [-0.1, -0.05) is 6.07 Å². The van der Waals surface area contributed by atoms with Crippen LogP contribution in [0.15, 0.2) is 23.1 Å². The van der Waals surface area contributed by atoms with Crippen LogP contribution in [-0.2, 0) is 14.9 Å². The normalized spacial score (nSPS) is 12.0. The van der Waals surface area contributed by atoms with E-state index in [1.165, 1.54) is 0 Å². The number of aliphatic hydroxyl groups is 2. The lowest BCUT2D eigenvalue weighted by molar-refractivity contribution is -0.294. The molecule has 0 bridgehead atoms. The number of carbonyl (C=O) groups excluding carboxylic acids is 1. The third-order valence-electron chi connectivity index (χ3n) is 2.01. The van der Waals surface area contributed by atoms with Crippen LogP contribution in [0.1, 0.15) is 27.6 Å². The highest BCUT2D eigenvalue weighted by atomic mass is 32.2. The Balaban J connectivity index is 3.53. The smallest absolute Gasteiger partial charge is 0.343 e. The molecule has 0 unspecified atom stereocenters. The predicted molar refractivity (Wildman–Crippen MR) is 61.5 cm³/mol. The summed E-state index contributed by atoms with van der Waals surface area (Å²) in [6.45, 7) is 0.680. The van der Waals surface area contributed by atoms with Crippen LogP contribution in [0, 0.1) is 0 Å². The van der Waals surface area contributed by atoms with Crippen LogP contribution < -0.4 is 0 Å². The lowest BCUT2D eigenvalue weighted by Gasteiger charge is -2.17. The van der Waals surface area contributed by atoms with E-state index in [0.717, 1.165) is 18.2 Å². The van der Waals surface area contributed by atoms with Gasteiger partial charge in [-0.15, -0.1) is 0 Å². The first kappa shape index (κ1) is 16.0. The van der Waals surface area contributed by atoms with E-state index < -0.39 is 44.1 Å². The maximum atomic E-state index is 11.6. The predicted octanol–water partition coefficient (Wildman–Crippen LogP) is -0.553. The van der Waals surface area contributed by atoms with Gasteiger partial charge in [-0.3, -0.25) is 4.55 Å². The summed E-state index contributed by atoms with van der Waals surface area (Å²) in [6.07, 6.45) is 0. The molecule has 0 heterocycles. The van der Waals surface area contributed by atoms with E-state index in [2.05, 4.69) is 4.74 Å². The van der Waals surface area contributed by atoms with Crippen LogP contribution in [0.4, 0.5) is 0 Å². The van der Waals surface area contributed by atoms with Crippen molar-refractivity contribution in [1.82, 2.24) is 0 Å². The van der Waals surface area contributed by atoms with Gasteiger partial charge in [0.05, 0.1) is 11.1 Å². The first-order valence-electron chi connectivity index (χ1n) is 4.95. The zero-order valence-electron chi connectivity index (χ0n) is 9.97. The summed E-state index contributed by atoms with van der Waals surface area (Å²) in [5, 5.41) is 26.7. The van der Waals surface area contributed by atoms with Gasteiger partial charge in [0.25, 0.3) is 10.1 Å². The van der Waals surface area contributed by atoms with Gasteiger partial charge in [-0.2, -0.15) is 8.42 Å². The van der Waals surface area contributed by atoms with Crippen LogP contribution in [0.3, 0.4) is 0 Å². The molecular weight excluding hydrogens is 296 g/mol. The minimum absolute atomic E-state index is 0.680. The van der Waals surface area contributed by atoms with Crippen LogP contribution in [0.5, 0.6) is 0 Å². The fraction of sp³-hybridized carbons (Fsp3) is 0.200. The summed E-state index contributed by atoms with van der Waals surface area (Å²) in [7, 11) is -5.05. The second kappa shape index (κ2) is 5.17. The van der Waals surface area contributed by atoms with Crippen molar-refractivity contribution in [1.29, 1.82) is 0 Å². The molecule has 0 aliphatic heterocycles. The Morgan fingerprint density at radius 2 is 1.70 bits per heavy atom. The van der Waals surface area contributed by atoms with Crippen molar-refractivity contribution >= 4 is 22.1 Å². The molecule has 20 heavy (non-hydrogen) atoms. The van der Waals surface area contributed by atoms with E-state index in [9.17, 15) is 18.0 Å². The van der Waals surface area contributed by atoms with Crippen LogP contribution in [0.2, 0.25) is 0 Å². The van der Waals surface area contributed by atoms with Gasteiger partial charge < -0.3 is 20.1 Å². The van der Waals surface area contributed by atoms with Gasteiger partial charge in [0.1, 0.15) is 4.90 Å². The SMILES string of the molecule is CC(O)(O)OC(=O)c1cccc(C(=O)O)c1S(=O)(=O)O. The Kier molecular flexibility index (Phi) is 4.15. The summed E-state index contributed by atoms with van der Waals surface area (Å²) >= 11 is 0. The number of aromatic carboxylic acids is 1. The maximum absolute atomic E-state index is 11.6. The Bertz CT molecular complexity index is 654. The second-order valence-corrected chi connectivity index (χ2v) is 5.14. The molecule has 0 radical (unpaired) electrons.